The highest BCUT2D eigenvalue weighted by atomic mass is 35.5. The molecule has 0 fully saturated rings. The highest BCUT2D eigenvalue weighted by molar-refractivity contribution is 7.98. The Morgan fingerprint density at radius 2 is 1.62 bits per heavy atom. The third kappa shape index (κ3) is 8.90. The molecule has 9 heteroatoms. The molecule has 2 rings (SSSR count). The fourth-order valence-electron chi connectivity index (χ4n) is 4.33. The Hall–Kier alpha value is -2.71. The fourth-order valence-corrected chi connectivity index (χ4v) is 5.07. The van der Waals surface area contributed by atoms with Crippen molar-refractivity contribution in [2.45, 2.75) is 91.5 Å². The number of nitrogens with zero attached hydrogens (tertiary/aromatic N) is 1. The second kappa shape index (κ2) is 14.3. The maximum absolute atomic E-state index is 14.5. The lowest BCUT2D eigenvalue weighted by Gasteiger charge is -2.45. The van der Waals surface area contributed by atoms with Gasteiger partial charge in [-0.05, 0) is 96.1 Å². The highest BCUT2D eigenvalue weighted by Gasteiger charge is 2.43. The number of aryl methyl sites for hydroxylation is 2. The van der Waals surface area contributed by atoms with Crippen LogP contribution in [0.1, 0.15) is 77.1 Å². The summed E-state index contributed by atoms with van der Waals surface area (Å²) in [5, 5.41) is 6.21. The van der Waals surface area contributed by atoms with Crippen LogP contribution in [0, 0.1) is 13.8 Å². The summed E-state index contributed by atoms with van der Waals surface area (Å²) in [7, 11) is 0. The molecule has 2 aromatic carbocycles. The second-order valence-corrected chi connectivity index (χ2v) is 12.9. The van der Waals surface area contributed by atoms with E-state index in [4.69, 9.17) is 16.3 Å². The molecule has 0 spiro atoms. The van der Waals surface area contributed by atoms with Crippen LogP contribution in [0.3, 0.4) is 0 Å². The van der Waals surface area contributed by atoms with Crippen molar-refractivity contribution in [2.24, 2.45) is 0 Å². The van der Waals surface area contributed by atoms with Crippen LogP contribution in [0.4, 0.5) is 10.5 Å². The van der Waals surface area contributed by atoms with Gasteiger partial charge in [-0.3, -0.25) is 9.59 Å². The number of anilines is 1. The predicted molar refractivity (Wildman–Crippen MR) is 166 cm³/mol. The van der Waals surface area contributed by atoms with Crippen LogP contribution in [0.5, 0.6) is 0 Å². The van der Waals surface area contributed by atoms with Gasteiger partial charge in [0.1, 0.15) is 17.7 Å². The molecule has 0 aromatic heterocycles. The molecule has 0 aliphatic rings. The average Bonchev–Trinajstić information content (AvgIpc) is 2.86. The van der Waals surface area contributed by atoms with Gasteiger partial charge in [-0.15, -0.1) is 0 Å². The van der Waals surface area contributed by atoms with E-state index in [0.29, 0.717) is 34.9 Å². The van der Waals surface area contributed by atoms with Gasteiger partial charge in [0.2, 0.25) is 5.91 Å². The first kappa shape index (κ1) is 33.5. The van der Waals surface area contributed by atoms with Crippen LogP contribution in [0.2, 0.25) is 5.02 Å². The van der Waals surface area contributed by atoms with Gasteiger partial charge in [0, 0.05) is 5.54 Å². The Bertz CT molecular complexity index is 1180. The van der Waals surface area contributed by atoms with Crippen molar-refractivity contribution >= 4 is 47.0 Å². The zero-order valence-corrected chi connectivity index (χ0v) is 26.8. The van der Waals surface area contributed by atoms with Gasteiger partial charge in [-0.1, -0.05) is 54.9 Å². The van der Waals surface area contributed by atoms with Gasteiger partial charge < -0.3 is 20.3 Å². The molecule has 220 valence electrons. The van der Waals surface area contributed by atoms with Gasteiger partial charge in [0.05, 0.1) is 10.7 Å². The van der Waals surface area contributed by atoms with Crippen molar-refractivity contribution in [3.8, 4) is 0 Å². The third-order valence-electron chi connectivity index (χ3n) is 6.81. The van der Waals surface area contributed by atoms with Crippen LogP contribution in [0.15, 0.2) is 42.5 Å². The number of halogens is 1. The van der Waals surface area contributed by atoms with Crippen LogP contribution in [0.25, 0.3) is 0 Å². The number of carbonyl (C=O) groups is 3. The van der Waals surface area contributed by atoms with Gasteiger partial charge in [0.15, 0.2) is 0 Å². The van der Waals surface area contributed by atoms with E-state index in [1.54, 1.807) is 43.5 Å². The minimum Gasteiger partial charge on any atom is -0.444 e. The summed E-state index contributed by atoms with van der Waals surface area (Å²) in [5.41, 5.74) is 1.39. The summed E-state index contributed by atoms with van der Waals surface area (Å²) < 4.78 is 5.49. The molecule has 0 saturated carbocycles. The minimum absolute atomic E-state index is 0.356. The number of amides is 3. The number of rotatable bonds is 11. The molecular weight excluding hydrogens is 546 g/mol. The summed E-state index contributed by atoms with van der Waals surface area (Å²) in [4.78, 5) is 43.2. The Morgan fingerprint density at radius 3 is 2.17 bits per heavy atom. The van der Waals surface area contributed by atoms with Crippen LogP contribution < -0.4 is 10.6 Å². The Balaban J connectivity index is 2.68. The number of hydrogen-bond acceptors (Lipinski definition) is 5. The van der Waals surface area contributed by atoms with E-state index in [0.717, 1.165) is 11.1 Å². The lowest BCUT2D eigenvalue weighted by Crippen LogP contribution is -2.59. The van der Waals surface area contributed by atoms with Crippen molar-refractivity contribution in [3.63, 3.8) is 0 Å². The summed E-state index contributed by atoms with van der Waals surface area (Å²) in [6.45, 7) is 14.9. The molecule has 2 unspecified atom stereocenters. The highest BCUT2D eigenvalue weighted by Crippen LogP contribution is 2.36. The van der Waals surface area contributed by atoms with Gasteiger partial charge in [-0.2, -0.15) is 11.8 Å². The lowest BCUT2D eigenvalue weighted by atomic mass is 9.90. The van der Waals surface area contributed by atoms with Crippen molar-refractivity contribution in [1.29, 1.82) is 0 Å². The first-order valence-corrected chi connectivity index (χ1v) is 15.3. The van der Waals surface area contributed by atoms with Crippen molar-refractivity contribution < 1.29 is 19.1 Å². The molecule has 2 N–H and O–H groups in total. The second-order valence-electron chi connectivity index (χ2n) is 11.5. The standard InChI is InChI=1S/C31H44ClN3O4S/c1-10-31(7,8)35(28(37)24(18-19-40-9)33-29(38)39-30(4,5)6)26(22-16-12-11-14-20(22)2)27(36)34-25-21(3)15-13-17-23(25)32/h11-17,24,26H,10,18-19H2,1-9H3,(H,33,38)(H,34,36). The molecular formula is C31H44ClN3O4S. The first-order chi connectivity index (χ1) is 18.6. The normalized spacial score (nSPS) is 13.2. The molecule has 40 heavy (non-hydrogen) atoms. The van der Waals surface area contributed by atoms with Gasteiger partial charge in [-0.25, -0.2) is 4.79 Å². The zero-order chi connectivity index (χ0) is 30.3. The maximum atomic E-state index is 14.5. The number of benzene rings is 2. The monoisotopic (exact) mass is 589 g/mol. The first-order valence-electron chi connectivity index (χ1n) is 13.6. The molecule has 7 nitrogen and oxygen atoms in total. The van der Waals surface area contributed by atoms with E-state index < -0.39 is 29.3 Å². The molecule has 0 saturated heterocycles. The SMILES string of the molecule is CCC(C)(C)N(C(=O)C(CCSC)NC(=O)OC(C)(C)C)C(C(=O)Nc1c(C)cccc1Cl)c1ccccc1C. The van der Waals surface area contributed by atoms with Crippen molar-refractivity contribution in [2.75, 3.05) is 17.3 Å². The molecule has 0 radical (unpaired) electrons. The Labute approximate surface area is 248 Å². The molecule has 0 heterocycles. The topological polar surface area (TPSA) is 87.7 Å². The van der Waals surface area contributed by atoms with E-state index in [-0.39, 0.29) is 11.8 Å². The predicted octanol–water partition coefficient (Wildman–Crippen LogP) is 7.30. The van der Waals surface area contributed by atoms with Crippen molar-refractivity contribution in [3.05, 3.63) is 64.2 Å². The van der Waals surface area contributed by atoms with Gasteiger partial charge in [0.25, 0.3) is 5.91 Å². The number of alkyl carbamates (subject to hydrolysis) is 1. The van der Waals surface area contributed by atoms with E-state index >= 15 is 0 Å². The molecule has 0 aliphatic heterocycles. The quantitative estimate of drug-likeness (QED) is 0.287. The number of hydrogen-bond donors (Lipinski definition) is 2. The summed E-state index contributed by atoms with van der Waals surface area (Å²) >= 11 is 8.05. The number of nitrogens with one attached hydrogen (secondary N) is 2. The lowest BCUT2D eigenvalue weighted by molar-refractivity contribution is -0.147. The van der Waals surface area contributed by atoms with Crippen LogP contribution in [-0.2, 0) is 14.3 Å². The molecule has 0 aliphatic carbocycles. The fraction of sp³-hybridized carbons (Fsp3) is 0.516. The van der Waals surface area contributed by atoms with Gasteiger partial charge >= 0.3 is 6.09 Å². The molecule has 3 amide bonds. The van der Waals surface area contributed by atoms with E-state index in [2.05, 4.69) is 10.6 Å². The molecule has 0 bridgehead atoms. The largest absolute Gasteiger partial charge is 0.444 e. The molecule has 2 aromatic rings. The van der Waals surface area contributed by atoms with E-state index in [1.165, 1.54) is 0 Å². The Morgan fingerprint density at radius 1 is 1.00 bits per heavy atom. The molecule has 2 atom stereocenters. The summed E-state index contributed by atoms with van der Waals surface area (Å²) in [6.07, 6.45) is 2.21. The van der Waals surface area contributed by atoms with Crippen LogP contribution >= 0.6 is 23.4 Å². The number of thioether (sulfide) groups is 1. The Kier molecular flexibility index (Phi) is 11.9. The smallest absolute Gasteiger partial charge is 0.408 e. The van der Waals surface area contributed by atoms with E-state index in [9.17, 15) is 14.4 Å². The summed E-state index contributed by atoms with van der Waals surface area (Å²) in [6, 6.07) is 11.1. The number of carbonyl (C=O) groups excluding carboxylic acids is 3. The maximum Gasteiger partial charge on any atom is 0.408 e. The number of para-hydroxylation sites is 1. The number of ether oxygens (including phenoxy) is 1. The third-order valence-corrected chi connectivity index (χ3v) is 7.77. The summed E-state index contributed by atoms with van der Waals surface area (Å²) in [5.74, 6) is -0.112. The van der Waals surface area contributed by atoms with Crippen LogP contribution in [-0.4, -0.2) is 52.0 Å². The van der Waals surface area contributed by atoms with Crippen molar-refractivity contribution in [1.82, 2.24) is 10.2 Å². The minimum atomic E-state index is -0.989. The van der Waals surface area contributed by atoms with E-state index in [1.807, 2.05) is 77.3 Å². The zero-order valence-electron chi connectivity index (χ0n) is 25.2. The average molecular weight is 590 g/mol.